The van der Waals surface area contributed by atoms with Gasteiger partial charge in [0.1, 0.15) is 5.69 Å². The number of hydrogen-bond donors (Lipinski definition) is 3. The van der Waals surface area contributed by atoms with Crippen molar-refractivity contribution in [2.45, 2.75) is 31.8 Å². The monoisotopic (exact) mass is 266 g/mol. The van der Waals surface area contributed by atoms with E-state index in [9.17, 15) is 9.59 Å². The minimum atomic E-state index is -0.850. The molecule has 2 atom stereocenters. The van der Waals surface area contributed by atoms with Crippen LogP contribution in [0.3, 0.4) is 0 Å². The van der Waals surface area contributed by atoms with Crippen molar-refractivity contribution in [1.82, 2.24) is 14.9 Å². The summed E-state index contributed by atoms with van der Waals surface area (Å²) in [4.78, 5) is 27.0. The normalized spacial score (nSPS) is 22.4. The molecule has 1 aliphatic carbocycles. The van der Waals surface area contributed by atoms with E-state index >= 15 is 0 Å². The van der Waals surface area contributed by atoms with Crippen LogP contribution in [0.2, 0.25) is 0 Å². The molecule has 1 aliphatic rings. The number of nitrogens with one attached hydrogen (secondary N) is 1. The summed E-state index contributed by atoms with van der Waals surface area (Å²) in [6.07, 6.45) is 5.30. The second kappa shape index (κ2) is 5.83. The van der Waals surface area contributed by atoms with Crippen molar-refractivity contribution in [2.75, 3.05) is 6.54 Å². The molecule has 1 fully saturated rings. The zero-order valence-electron chi connectivity index (χ0n) is 10.6. The van der Waals surface area contributed by atoms with Gasteiger partial charge in [-0.1, -0.05) is 6.42 Å². The van der Waals surface area contributed by atoms with Crippen LogP contribution < -0.4 is 11.1 Å². The van der Waals surface area contributed by atoms with Gasteiger partial charge in [0, 0.05) is 25.3 Å². The predicted molar refractivity (Wildman–Crippen MR) is 67.5 cm³/mol. The third-order valence-electron chi connectivity index (χ3n) is 3.40. The van der Waals surface area contributed by atoms with Crippen LogP contribution in [0, 0.1) is 5.92 Å². The second-order valence-electron chi connectivity index (χ2n) is 4.74. The van der Waals surface area contributed by atoms with E-state index in [0.717, 1.165) is 6.42 Å². The SMILES string of the molecule is NCCn1cnc(C(=O)NC2CCCC2C(=O)O)c1. The Labute approximate surface area is 110 Å². The largest absolute Gasteiger partial charge is 0.481 e. The summed E-state index contributed by atoms with van der Waals surface area (Å²) < 4.78 is 1.73. The molecule has 1 amide bonds. The molecule has 2 unspecified atom stereocenters. The van der Waals surface area contributed by atoms with Crippen LogP contribution >= 0.6 is 0 Å². The van der Waals surface area contributed by atoms with E-state index in [1.165, 1.54) is 0 Å². The Kier molecular flexibility index (Phi) is 4.16. The Morgan fingerprint density at radius 2 is 2.32 bits per heavy atom. The molecule has 4 N–H and O–H groups in total. The molecular weight excluding hydrogens is 248 g/mol. The summed E-state index contributed by atoms with van der Waals surface area (Å²) in [5, 5.41) is 11.8. The van der Waals surface area contributed by atoms with E-state index in [-0.39, 0.29) is 11.9 Å². The van der Waals surface area contributed by atoms with Gasteiger partial charge in [-0.25, -0.2) is 4.98 Å². The molecular formula is C12H18N4O3. The van der Waals surface area contributed by atoms with Crippen molar-refractivity contribution in [2.24, 2.45) is 11.7 Å². The number of aliphatic carboxylic acids is 1. The summed E-state index contributed by atoms with van der Waals surface area (Å²) in [6, 6.07) is -0.301. The Hall–Kier alpha value is -1.89. The maximum absolute atomic E-state index is 12.0. The fourth-order valence-corrected chi connectivity index (χ4v) is 2.42. The van der Waals surface area contributed by atoms with Crippen molar-refractivity contribution in [1.29, 1.82) is 0 Å². The first-order chi connectivity index (χ1) is 9.11. The number of carbonyl (C=O) groups is 2. The number of nitrogens with zero attached hydrogens (tertiary/aromatic N) is 2. The fraction of sp³-hybridized carbons (Fsp3) is 0.583. The third kappa shape index (κ3) is 3.11. The second-order valence-corrected chi connectivity index (χ2v) is 4.74. The topological polar surface area (TPSA) is 110 Å². The Morgan fingerprint density at radius 1 is 1.53 bits per heavy atom. The number of carboxylic acid groups (broad SMARTS) is 1. The maximum atomic E-state index is 12.0. The molecule has 0 spiro atoms. The van der Waals surface area contributed by atoms with Crippen LogP contribution in [0.25, 0.3) is 0 Å². The summed E-state index contributed by atoms with van der Waals surface area (Å²) in [5.74, 6) is -1.67. The van der Waals surface area contributed by atoms with Crippen LogP contribution in [0.15, 0.2) is 12.5 Å². The molecule has 7 heteroatoms. The van der Waals surface area contributed by atoms with Crippen molar-refractivity contribution in [3.8, 4) is 0 Å². The van der Waals surface area contributed by atoms with Gasteiger partial charge in [-0.05, 0) is 12.8 Å². The molecule has 0 radical (unpaired) electrons. The molecule has 0 aliphatic heterocycles. The molecule has 1 heterocycles. The standard InChI is InChI=1S/C12H18N4O3/c13-4-5-16-6-10(14-7-16)11(17)15-9-3-1-2-8(9)12(18)19/h6-9H,1-5,13H2,(H,15,17)(H,18,19). The van der Waals surface area contributed by atoms with Gasteiger partial charge in [0.2, 0.25) is 0 Å². The quantitative estimate of drug-likeness (QED) is 0.685. The minimum absolute atomic E-state index is 0.296. The summed E-state index contributed by atoms with van der Waals surface area (Å²) in [6.45, 7) is 1.07. The smallest absolute Gasteiger partial charge is 0.308 e. The van der Waals surface area contributed by atoms with Crippen molar-refractivity contribution in [3.05, 3.63) is 18.2 Å². The molecule has 0 aromatic carbocycles. The highest BCUT2D eigenvalue weighted by Crippen LogP contribution is 2.25. The number of carboxylic acids is 1. The lowest BCUT2D eigenvalue weighted by Gasteiger charge is -2.16. The molecule has 7 nitrogen and oxygen atoms in total. The zero-order chi connectivity index (χ0) is 13.8. The molecule has 104 valence electrons. The first kappa shape index (κ1) is 13.5. The van der Waals surface area contributed by atoms with E-state index in [2.05, 4.69) is 10.3 Å². The van der Waals surface area contributed by atoms with E-state index in [0.29, 0.717) is 31.6 Å². The van der Waals surface area contributed by atoms with Crippen LogP contribution in [0.1, 0.15) is 29.8 Å². The van der Waals surface area contributed by atoms with E-state index in [1.54, 1.807) is 17.1 Å². The third-order valence-corrected chi connectivity index (χ3v) is 3.40. The average Bonchev–Trinajstić information content (AvgIpc) is 2.98. The minimum Gasteiger partial charge on any atom is -0.481 e. The van der Waals surface area contributed by atoms with Gasteiger partial charge in [0.05, 0.1) is 12.2 Å². The number of nitrogens with two attached hydrogens (primary N) is 1. The predicted octanol–water partition coefficient (Wildman–Crippen LogP) is -0.175. The van der Waals surface area contributed by atoms with Crippen LogP contribution in [0.5, 0.6) is 0 Å². The van der Waals surface area contributed by atoms with E-state index in [4.69, 9.17) is 10.8 Å². The van der Waals surface area contributed by atoms with Gasteiger partial charge in [-0.15, -0.1) is 0 Å². The Balaban J connectivity index is 1.98. The van der Waals surface area contributed by atoms with Crippen molar-refractivity contribution in [3.63, 3.8) is 0 Å². The van der Waals surface area contributed by atoms with E-state index < -0.39 is 11.9 Å². The lowest BCUT2D eigenvalue weighted by atomic mass is 10.0. The molecule has 1 aromatic rings. The highest BCUT2D eigenvalue weighted by atomic mass is 16.4. The zero-order valence-corrected chi connectivity index (χ0v) is 10.6. The van der Waals surface area contributed by atoms with Gasteiger partial charge >= 0.3 is 5.97 Å². The summed E-state index contributed by atoms with van der Waals surface area (Å²) in [7, 11) is 0. The summed E-state index contributed by atoms with van der Waals surface area (Å²) >= 11 is 0. The van der Waals surface area contributed by atoms with Gasteiger partial charge < -0.3 is 20.7 Å². The van der Waals surface area contributed by atoms with Gasteiger partial charge in [0.25, 0.3) is 5.91 Å². The lowest BCUT2D eigenvalue weighted by Crippen LogP contribution is -2.40. The first-order valence-electron chi connectivity index (χ1n) is 6.37. The van der Waals surface area contributed by atoms with E-state index in [1.807, 2.05) is 0 Å². The van der Waals surface area contributed by atoms with Gasteiger partial charge in [-0.3, -0.25) is 9.59 Å². The van der Waals surface area contributed by atoms with Crippen molar-refractivity contribution >= 4 is 11.9 Å². The fourth-order valence-electron chi connectivity index (χ4n) is 2.42. The molecule has 0 bridgehead atoms. The first-order valence-corrected chi connectivity index (χ1v) is 6.37. The molecule has 1 saturated carbocycles. The van der Waals surface area contributed by atoms with Crippen LogP contribution in [-0.2, 0) is 11.3 Å². The highest BCUT2D eigenvalue weighted by Gasteiger charge is 2.34. The number of aromatic nitrogens is 2. The number of amides is 1. The average molecular weight is 266 g/mol. The number of hydrogen-bond acceptors (Lipinski definition) is 4. The molecule has 1 aromatic heterocycles. The molecule has 0 saturated heterocycles. The van der Waals surface area contributed by atoms with Gasteiger partial charge in [-0.2, -0.15) is 0 Å². The lowest BCUT2D eigenvalue weighted by molar-refractivity contribution is -0.142. The highest BCUT2D eigenvalue weighted by molar-refractivity contribution is 5.92. The number of imidazole rings is 1. The summed E-state index contributed by atoms with van der Waals surface area (Å²) in [5.41, 5.74) is 5.71. The van der Waals surface area contributed by atoms with Crippen molar-refractivity contribution < 1.29 is 14.7 Å². The number of carbonyl (C=O) groups excluding carboxylic acids is 1. The van der Waals surface area contributed by atoms with Crippen LogP contribution in [-0.4, -0.2) is 39.1 Å². The maximum Gasteiger partial charge on any atom is 0.308 e. The Morgan fingerprint density at radius 3 is 3.00 bits per heavy atom. The van der Waals surface area contributed by atoms with Gasteiger partial charge in [0.15, 0.2) is 0 Å². The van der Waals surface area contributed by atoms with Crippen LogP contribution in [0.4, 0.5) is 0 Å². The number of rotatable bonds is 5. The molecule has 2 rings (SSSR count). The Bertz CT molecular complexity index is 471. The molecule has 19 heavy (non-hydrogen) atoms.